The Morgan fingerprint density at radius 2 is 1.81 bits per heavy atom. The number of piperidine rings is 1. The molecule has 0 bridgehead atoms. The fourth-order valence-corrected chi connectivity index (χ4v) is 4.12. The summed E-state index contributed by atoms with van der Waals surface area (Å²) in [7, 11) is -3.08. The van der Waals surface area contributed by atoms with Gasteiger partial charge in [0.2, 0.25) is 10.0 Å². The molecule has 16 heavy (non-hydrogen) atoms. The van der Waals surface area contributed by atoms with Crippen molar-refractivity contribution in [1.29, 1.82) is 0 Å². The van der Waals surface area contributed by atoms with Gasteiger partial charge in [0, 0.05) is 6.04 Å². The molecule has 1 aliphatic carbocycles. The molecule has 2 N–H and O–H groups in total. The zero-order chi connectivity index (χ0) is 11.4. The van der Waals surface area contributed by atoms with Gasteiger partial charge in [0.15, 0.2) is 0 Å². The summed E-state index contributed by atoms with van der Waals surface area (Å²) in [5.41, 5.74) is 0. The lowest BCUT2D eigenvalue weighted by Gasteiger charge is -2.23. The smallest absolute Gasteiger partial charge is 0.212 e. The first-order valence-corrected chi connectivity index (χ1v) is 7.67. The first-order valence-electron chi connectivity index (χ1n) is 6.01. The van der Waals surface area contributed by atoms with Gasteiger partial charge < -0.3 is 5.32 Å². The van der Waals surface area contributed by atoms with Gasteiger partial charge in [-0.25, -0.2) is 13.1 Å². The lowest BCUT2D eigenvalue weighted by Crippen LogP contribution is -2.39. The molecule has 0 saturated carbocycles. The molecular weight excluding hydrogens is 224 g/mol. The largest absolute Gasteiger partial charge is 0.317 e. The van der Waals surface area contributed by atoms with Crippen LogP contribution in [0.1, 0.15) is 25.7 Å². The molecule has 0 amide bonds. The monoisotopic (exact) mass is 244 g/mol. The van der Waals surface area contributed by atoms with Crippen LogP contribution in [-0.2, 0) is 10.0 Å². The maximum atomic E-state index is 11.9. The molecule has 0 spiro atoms. The predicted octanol–water partition coefficient (Wildman–Crippen LogP) is 0.624. The minimum Gasteiger partial charge on any atom is -0.317 e. The number of sulfonamides is 1. The highest BCUT2D eigenvalue weighted by atomic mass is 32.2. The highest BCUT2D eigenvalue weighted by Crippen LogP contribution is 2.16. The zero-order valence-corrected chi connectivity index (χ0v) is 10.3. The van der Waals surface area contributed by atoms with Gasteiger partial charge in [-0.05, 0) is 44.7 Å². The molecule has 0 radical (unpaired) electrons. The molecule has 1 heterocycles. The Hall–Kier alpha value is -0.390. The van der Waals surface area contributed by atoms with Crippen LogP contribution in [0.4, 0.5) is 0 Å². The van der Waals surface area contributed by atoms with E-state index in [9.17, 15) is 8.42 Å². The van der Waals surface area contributed by atoms with Gasteiger partial charge in [-0.3, -0.25) is 0 Å². The summed E-state index contributed by atoms with van der Waals surface area (Å²) in [5, 5.41) is 3.25. The normalized spacial score (nSPS) is 24.0. The third-order valence-electron chi connectivity index (χ3n) is 3.27. The minimum atomic E-state index is -3.08. The molecule has 0 aromatic carbocycles. The second-order valence-electron chi connectivity index (χ2n) is 4.73. The molecule has 0 unspecified atom stereocenters. The van der Waals surface area contributed by atoms with E-state index < -0.39 is 10.0 Å². The van der Waals surface area contributed by atoms with Gasteiger partial charge in [-0.1, -0.05) is 12.2 Å². The summed E-state index contributed by atoms with van der Waals surface area (Å²) >= 11 is 0. The highest BCUT2D eigenvalue weighted by molar-refractivity contribution is 7.89. The van der Waals surface area contributed by atoms with Crippen LogP contribution >= 0.6 is 0 Å². The Labute approximate surface area is 97.5 Å². The van der Waals surface area contributed by atoms with Gasteiger partial charge in [0.05, 0.1) is 5.75 Å². The Morgan fingerprint density at radius 3 is 2.44 bits per heavy atom. The zero-order valence-electron chi connectivity index (χ0n) is 9.48. The van der Waals surface area contributed by atoms with Crippen molar-refractivity contribution < 1.29 is 8.42 Å². The van der Waals surface area contributed by atoms with E-state index in [1.807, 2.05) is 12.2 Å². The van der Waals surface area contributed by atoms with Crippen molar-refractivity contribution in [2.24, 2.45) is 5.92 Å². The first kappa shape index (κ1) is 12.1. The predicted molar refractivity (Wildman–Crippen MR) is 64.7 cm³/mol. The summed E-state index contributed by atoms with van der Waals surface area (Å²) in [6.45, 7) is 1.90. The third kappa shape index (κ3) is 3.57. The average molecular weight is 244 g/mol. The van der Waals surface area contributed by atoms with Crippen LogP contribution in [0.25, 0.3) is 0 Å². The quantitative estimate of drug-likeness (QED) is 0.713. The van der Waals surface area contributed by atoms with E-state index >= 15 is 0 Å². The van der Waals surface area contributed by atoms with Crippen LogP contribution in [0.5, 0.6) is 0 Å². The molecule has 0 aromatic rings. The fourth-order valence-electron chi connectivity index (χ4n) is 2.37. The number of nitrogens with one attached hydrogen (secondary N) is 2. The van der Waals surface area contributed by atoms with Crippen LogP contribution < -0.4 is 10.0 Å². The highest BCUT2D eigenvalue weighted by Gasteiger charge is 2.23. The lowest BCUT2D eigenvalue weighted by molar-refractivity contribution is 0.399. The summed E-state index contributed by atoms with van der Waals surface area (Å²) in [4.78, 5) is 0. The maximum absolute atomic E-state index is 11.9. The van der Waals surface area contributed by atoms with E-state index in [2.05, 4.69) is 10.0 Å². The van der Waals surface area contributed by atoms with Crippen LogP contribution in [-0.4, -0.2) is 33.3 Å². The van der Waals surface area contributed by atoms with Crippen LogP contribution in [0, 0.1) is 5.92 Å². The lowest BCUT2D eigenvalue weighted by atomic mass is 10.0. The van der Waals surface area contributed by atoms with E-state index in [0.29, 0.717) is 11.7 Å². The first-order chi connectivity index (χ1) is 7.66. The maximum Gasteiger partial charge on any atom is 0.212 e. The molecule has 5 heteroatoms. The fraction of sp³-hybridized carbons (Fsp3) is 0.818. The number of hydrogen-bond acceptors (Lipinski definition) is 3. The van der Waals surface area contributed by atoms with Gasteiger partial charge in [0.1, 0.15) is 0 Å². The van der Waals surface area contributed by atoms with E-state index in [0.717, 1.165) is 38.8 Å². The van der Waals surface area contributed by atoms with Crippen molar-refractivity contribution in [3.63, 3.8) is 0 Å². The van der Waals surface area contributed by atoms with Crippen molar-refractivity contribution in [3.05, 3.63) is 12.2 Å². The van der Waals surface area contributed by atoms with Crippen molar-refractivity contribution in [2.45, 2.75) is 31.7 Å². The minimum absolute atomic E-state index is 0.103. The van der Waals surface area contributed by atoms with Gasteiger partial charge in [-0.2, -0.15) is 0 Å². The molecule has 1 aliphatic heterocycles. The van der Waals surface area contributed by atoms with Crippen molar-refractivity contribution in [2.75, 3.05) is 18.8 Å². The van der Waals surface area contributed by atoms with E-state index in [1.165, 1.54) is 0 Å². The van der Waals surface area contributed by atoms with Crippen LogP contribution in [0.3, 0.4) is 0 Å². The molecule has 92 valence electrons. The summed E-state index contributed by atoms with van der Waals surface area (Å²) in [5.74, 6) is 0.624. The molecule has 4 nitrogen and oxygen atoms in total. The molecule has 2 aliphatic rings. The average Bonchev–Trinajstić information content (AvgIpc) is 2.70. The summed E-state index contributed by atoms with van der Waals surface area (Å²) < 4.78 is 26.6. The van der Waals surface area contributed by atoms with Crippen molar-refractivity contribution in [1.82, 2.24) is 10.0 Å². The SMILES string of the molecule is O=S(=O)(CC1CCNCC1)NC1CC=CC1. The summed E-state index contributed by atoms with van der Waals surface area (Å²) in [6.07, 6.45) is 7.71. The van der Waals surface area contributed by atoms with Crippen LogP contribution in [0.2, 0.25) is 0 Å². The Bertz CT molecular complexity index is 337. The van der Waals surface area contributed by atoms with E-state index in [-0.39, 0.29) is 6.04 Å². The number of rotatable bonds is 4. The van der Waals surface area contributed by atoms with Crippen molar-refractivity contribution in [3.8, 4) is 0 Å². The second kappa shape index (κ2) is 5.29. The Morgan fingerprint density at radius 1 is 1.19 bits per heavy atom. The Balaban J connectivity index is 1.81. The van der Waals surface area contributed by atoms with Crippen molar-refractivity contribution >= 4 is 10.0 Å². The standard InChI is InChI=1S/C11H20N2O2S/c14-16(15,13-11-3-1-2-4-11)9-10-5-7-12-8-6-10/h1-2,10-13H,3-9H2. The molecular formula is C11H20N2O2S. The Kier molecular flexibility index (Phi) is 4.00. The molecule has 1 fully saturated rings. The molecule has 0 atom stereocenters. The van der Waals surface area contributed by atoms with Gasteiger partial charge >= 0.3 is 0 Å². The molecule has 2 rings (SSSR count). The number of hydrogen-bond donors (Lipinski definition) is 2. The van der Waals surface area contributed by atoms with E-state index in [4.69, 9.17) is 0 Å². The topological polar surface area (TPSA) is 58.2 Å². The van der Waals surface area contributed by atoms with Crippen LogP contribution in [0.15, 0.2) is 12.2 Å². The molecule has 0 aromatic heterocycles. The van der Waals surface area contributed by atoms with Gasteiger partial charge in [0.25, 0.3) is 0 Å². The molecule has 1 saturated heterocycles. The third-order valence-corrected chi connectivity index (χ3v) is 4.87. The second-order valence-corrected chi connectivity index (χ2v) is 6.53. The summed E-state index contributed by atoms with van der Waals surface area (Å²) in [6, 6.07) is 0.103. The van der Waals surface area contributed by atoms with E-state index in [1.54, 1.807) is 0 Å². The van der Waals surface area contributed by atoms with Gasteiger partial charge in [-0.15, -0.1) is 0 Å².